The van der Waals surface area contributed by atoms with Gasteiger partial charge in [-0.2, -0.15) is 8.42 Å². The molecule has 0 heterocycles. The molecular formula is C17H18O3S. The summed E-state index contributed by atoms with van der Waals surface area (Å²) in [7, 11) is -3.66. The summed E-state index contributed by atoms with van der Waals surface area (Å²) in [4.78, 5) is 0. The zero-order chi connectivity index (χ0) is 14.9. The molecule has 0 spiro atoms. The SMILES string of the molecule is CCCCOS(=O)(=O)C1c2ccccc2-c2ccccc21. The molecule has 0 saturated carbocycles. The first-order chi connectivity index (χ1) is 10.1. The van der Waals surface area contributed by atoms with Crippen molar-refractivity contribution in [2.45, 2.75) is 25.0 Å². The molecule has 0 atom stereocenters. The Morgan fingerprint density at radius 2 is 1.48 bits per heavy atom. The molecule has 3 rings (SSSR count). The smallest absolute Gasteiger partial charge is 0.269 e. The van der Waals surface area contributed by atoms with Gasteiger partial charge < -0.3 is 0 Å². The highest BCUT2D eigenvalue weighted by Crippen LogP contribution is 2.47. The number of benzene rings is 2. The molecule has 1 aliphatic carbocycles. The van der Waals surface area contributed by atoms with E-state index in [1.54, 1.807) is 0 Å². The lowest BCUT2D eigenvalue weighted by atomic mass is 10.1. The number of fused-ring (bicyclic) bond motifs is 3. The first-order valence-electron chi connectivity index (χ1n) is 7.21. The normalized spacial score (nSPS) is 14.0. The average molecular weight is 302 g/mol. The molecule has 0 fully saturated rings. The largest absolute Gasteiger partial charge is 0.278 e. The second-order valence-electron chi connectivity index (χ2n) is 5.22. The van der Waals surface area contributed by atoms with Crippen LogP contribution in [0.2, 0.25) is 0 Å². The average Bonchev–Trinajstić information content (AvgIpc) is 2.82. The van der Waals surface area contributed by atoms with E-state index in [0.29, 0.717) is 0 Å². The lowest BCUT2D eigenvalue weighted by Gasteiger charge is -2.14. The van der Waals surface area contributed by atoms with Gasteiger partial charge >= 0.3 is 0 Å². The molecule has 0 aromatic heterocycles. The first-order valence-corrected chi connectivity index (χ1v) is 8.68. The maximum atomic E-state index is 12.6. The van der Waals surface area contributed by atoms with Crippen LogP contribution in [0.4, 0.5) is 0 Å². The molecule has 0 N–H and O–H groups in total. The van der Waals surface area contributed by atoms with Crippen molar-refractivity contribution in [1.82, 2.24) is 0 Å². The van der Waals surface area contributed by atoms with E-state index in [1.165, 1.54) is 0 Å². The van der Waals surface area contributed by atoms with Crippen molar-refractivity contribution >= 4 is 10.1 Å². The maximum absolute atomic E-state index is 12.6. The standard InChI is InChI=1S/C17H18O3S/c1-2-3-12-20-21(18,19)17-15-10-6-4-8-13(15)14-9-5-7-11-16(14)17/h4-11,17H,2-3,12H2,1H3. The Hall–Kier alpha value is -1.65. The summed E-state index contributed by atoms with van der Waals surface area (Å²) < 4.78 is 30.5. The molecular weight excluding hydrogens is 284 g/mol. The molecule has 0 aliphatic heterocycles. The van der Waals surface area contributed by atoms with E-state index < -0.39 is 15.4 Å². The maximum Gasteiger partial charge on any atom is 0.278 e. The molecule has 0 amide bonds. The molecule has 3 nitrogen and oxygen atoms in total. The Kier molecular flexibility index (Phi) is 3.83. The van der Waals surface area contributed by atoms with Crippen LogP contribution in [0.3, 0.4) is 0 Å². The number of unbranched alkanes of at least 4 members (excludes halogenated alkanes) is 1. The van der Waals surface area contributed by atoms with Gasteiger partial charge in [-0.25, -0.2) is 0 Å². The molecule has 0 bridgehead atoms. The minimum atomic E-state index is -3.66. The Morgan fingerprint density at radius 3 is 2.00 bits per heavy atom. The van der Waals surface area contributed by atoms with E-state index in [4.69, 9.17) is 4.18 Å². The van der Waals surface area contributed by atoms with Crippen molar-refractivity contribution in [3.05, 3.63) is 59.7 Å². The molecule has 2 aromatic carbocycles. The van der Waals surface area contributed by atoms with Gasteiger partial charge in [0.05, 0.1) is 6.61 Å². The van der Waals surface area contributed by atoms with Crippen LogP contribution in [0.15, 0.2) is 48.5 Å². The lowest BCUT2D eigenvalue weighted by Crippen LogP contribution is -2.16. The van der Waals surface area contributed by atoms with Gasteiger partial charge in [0.2, 0.25) is 0 Å². The van der Waals surface area contributed by atoms with Gasteiger partial charge in [-0.1, -0.05) is 61.9 Å². The molecule has 110 valence electrons. The Morgan fingerprint density at radius 1 is 0.952 bits per heavy atom. The van der Waals surface area contributed by atoms with Crippen LogP contribution in [-0.2, 0) is 14.3 Å². The monoisotopic (exact) mass is 302 g/mol. The van der Waals surface area contributed by atoms with Crippen LogP contribution in [0.1, 0.15) is 36.1 Å². The fraction of sp³-hybridized carbons (Fsp3) is 0.294. The summed E-state index contributed by atoms with van der Waals surface area (Å²) in [5.41, 5.74) is 3.60. The third-order valence-corrected chi connectivity index (χ3v) is 5.39. The van der Waals surface area contributed by atoms with E-state index >= 15 is 0 Å². The van der Waals surface area contributed by atoms with Crippen molar-refractivity contribution in [2.75, 3.05) is 6.61 Å². The van der Waals surface area contributed by atoms with Gasteiger partial charge in [-0.15, -0.1) is 0 Å². The van der Waals surface area contributed by atoms with Crippen molar-refractivity contribution in [1.29, 1.82) is 0 Å². The highest BCUT2D eigenvalue weighted by molar-refractivity contribution is 7.87. The summed E-state index contributed by atoms with van der Waals surface area (Å²) in [5.74, 6) is 0. The topological polar surface area (TPSA) is 43.4 Å². The summed E-state index contributed by atoms with van der Waals surface area (Å²) in [6, 6.07) is 15.3. The van der Waals surface area contributed by atoms with Gasteiger partial charge in [0.15, 0.2) is 0 Å². The third kappa shape index (κ3) is 2.49. The first kappa shape index (κ1) is 14.3. The molecule has 0 unspecified atom stereocenters. The van der Waals surface area contributed by atoms with Crippen molar-refractivity contribution < 1.29 is 12.6 Å². The second kappa shape index (κ2) is 5.62. The van der Waals surface area contributed by atoms with Crippen LogP contribution in [0, 0.1) is 0 Å². The number of hydrogen-bond donors (Lipinski definition) is 0. The molecule has 0 saturated heterocycles. The third-order valence-electron chi connectivity index (χ3n) is 3.81. The van der Waals surface area contributed by atoms with E-state index in [1.807, 2.05) is 55.5 Å². The second-order valence-corrected chi connectivity index (χ2v) is 6.92. The minimum Gasteiger partial charge on any atom is -0.269 e. The Balaban J connectivity index is 2.06. The lowest BCUT2D eigenvalue weighted by molar-refractivity contribution is 0.307. The van der Waals surface area contributed by atoms with Gasteiger partial charge in [0, 0.05) is 0 Å². The zero-order valence-electron chi connectivity index (χ0n) is 12.0. The van der Waals surface area contributed by atoms with E-state index in [2.05, 4.69) is 0 Å². The fourth-order valence-electron chi connectivity index (χ4n) is 2.81. The van der Waals surface area contributed by atoms with E-state index in [9.17, 15) is 8.42 Å². The van der Waals surface area contributed by atoms with Crippen LogP contribution >= 0.6 is 0 Å². The van der Waals surface area contributed by atoms with E-state index in [0.717, 1.165) is 35.1 Å². The van der Waals surface area contributed by atoms with Crippen LogP contribution in [-0.4, -0.2) is 15.0 Å². The van der Waals surface area contributed by atoms with Crippen molar-refractivity contribution in [3.8, 4) is 11.1 Å². The fourth-order valence-corrected chi connectivity index (χ4v) is 4.33. The highest BCUT2D eigenvalue weighted by atomic mass is 32.2. The van der Waals surface area contributed by atoms with Gasteiger partial charge in [-0.05, 0) is 28.7 Å². The van der Waals surface area contributed by atoms with Crippen molar-refractivity contribution in [2.24, 2.45) is 0 Å². The van der Waals surface area contributed by atoms with E-state index in [-0.39, 0.29) is 6.61 Å². The minimum absolute atomic E-state index is 0.250. The molecule has 0 radical (unpaired) electrons. The predicted molar refractivity (Wildman–Crippen MR) is 83.5 cm³/mol. The summed E-state index contributed by atoms with van der Waals surface area (Å²) in [5, 5.41) is -0.707. The molecule has 1 aliphatic rings. The van der Waals surface area contributed by atoms with Gasteiger partial charge in [-0.3, -0.25) is 4.18 Å². The van der Waals surface area contributed by atoms with Gasteiger partial charge in [0.25, 0.3) is 10.1 Å². The molecule has 4 heteroatoms. The predicted octanol–water partition coefficient (Wildman–Crippen LogP) is 3.90. The van der Waals surface area contributed by atoms with Crippen LogP contribution < -0.4 is 0 Å². The number of hydrogen-bond acceptors (Lipinski definition) is 3. The van der Waals surface area contributed by atoms with Crippen LogP contribution in [0.25, 0.3) is 11.1 Å². The summed E-state index contributed by atoms with van der Waals surface area (Å²) in [6.45, 7) is 2.26. The highest BCUT2D eigenvalue weighted by Gasteiger charge is 2.38. The molecule has 2 aromatic rings. The molecule has 21 heavy (non-hydrogen) atoms. The quantitative estimate of drug-likeness (QED) is 0.621. The number of rotatable bonds is 5. The van der Waals surface area contributed by atoms with Crippen molar-refractivity contribution in [3.63, 3.8) is 0 Å². The van der Waals surface area contributed by atoms with Crippen LogP contribution in [0.5, 0.6) is 0 Å². The Bertz CT molecular complexity index is 705. The Labute approximate surface area is 125 Å². The summed E-state index contributed by atoms with van der Waals surface area (Å²) >= 11 is 0. The zero-order valence-corrected chi connectivity index (χ0v) is 12.8. The van der Waals surface area contributed by atoms with Gasteiger partial charge in [0.1, 0.15) is 5.25 Å². The summed E-state index contributed by atoms with van der Waals surface area (Å²) in [6.07, 6.45) is 1.66.